The molecule has 0 saturated heterocycles. The Morgan fingerprint density at radius 3 is 2.62 bits per heavy atom. The van der Waals surface area contributed by atoms with Crippen LogP contribution >= 0.6 is 0 Å². The van der Waals surface area contributed by atoms with Crippen molar-refractivity contribution in [2.75, 3.05) is 13.1 Å². The Balaban J connectivity index is 1.55. The van der Waals surface area contributed by atoms with Crippen LogP contribution in [0.3, 0.4) is 0 Å². The summed E-state index contributed by atoms with van der Waals surface area (Å²) in [5.74, 6) is -0.218. The van der Waals surface area contributed by atoms with Crippen molar-refractivity contribution in [3.05, 3.63) is 24.0 Å². The van der Waals surface area contributed by atoms with Gasteiger partial charge in [0.25, 0.3) is 0 Å². The lowest BCUT2D eigenvalue weighted by molar-refractivity contribution is -0.139. The molecule has 0 radical (unpaired) electrons. The molecule has 2 aliphatic carbocycles. The van der Waals surface area contributed by atoms with Crippen molar-refractivity contribution in [3.63, 3.8) is 0 Å². The molecule has 0 spiro atoms. The van der Waals surface area contributed by atoms with Crippen LogP contribution in [-0.4, -0.2) is 54.6 Å². The minimum absolute atomic E-state index is 0.0303. The van der Waals surface area contributed by atoms with Crippen LogP contribution in [0.2, 0.25) is 0 Å². The van der Waals surface area contributed by atoms with Crippen LogP contribution in [0.5, 0.6) is 0 Å². The second-order valence-corrected chi connectivity index (χ2v) is 8.56. The van der Waals surface area contributed by atoms with E-state index in [0.717, 1.165) is 12.2 Å². The standard InChI is InChI=1S/C16H23N3O4S/c1-11-2-5-15(8-17-11)24(22,23)18-13-6-14(7-13)19(10-16(20)21)9-12-3-4-12/h2,5,8,12-14,18H,3-4,6-7,9-10H2,1H3,(H,20,21). The van der Waals surface area contributed by atoms with E-state index in [1.54, 1.807) is 19.1 Å². The van der Waals surface area contributed by atoms with E-state index in [0.29, 0.717) is 18.8 Å². The zero-order valence-electron chi connectivity index (χ0n) is 13.7. The minimum Gasteiger partial charge on any atom is -0.480 e. The zero-order valence-corrected chi connectivity index (χ0v) is 14.5. The van der Waals surface area contributed by atoms with Gasteiger partial charge in [-0.2, -0.15) is 0 Å². The largest absolute Gasteiger partial charge is 0.480 e. The summed E-state index contributed by atoms with van der Waals surface area (Å²) in [6, 6.07) is 3.22. The van der Waals surface area contributed by atoms with Crippen molar-refractivity contribution in [2.24, 2.45) is 5.92 Å². The zero-order chi connectivity index (χ0) is 17.3. The van der Waals surface area contributed by atoms with Crippen molar-refractivity contribution in [1.29, 1.82) is 0 Å². The first-order chi connectivity index (χ1) is 11.3. The highest BCUT2D eigenvalue weighted by atomic mass is 32.2. The third-order valence-electron chi connectivity index (χ3n) is 4.67. The molecule has 2 aliphatic rings. The van der Waals surface area contributed by atoms with Gasteiger partial charge in [-0.3, -0.25) is 14.7 Å². The highest BCUT2D eigenvalue weighted by Crippen LogP contribution is 2.34. The number of nitrogens with one attached hydrogen (secondary N) is 1. The highest BCUT2D eigenvalue weighted by molar-refractivity contribution is 7.89. The van der Waals surface area contributed by atoms with Crippen molar-refractivity contribution in [2.45, 2.75) is 49.6 Å². The number of aryl methyl sites for hydroxylation is 1. The monoisotopic (exact) mass is 353 g/mol. The summed E-state index contributed by atoms with van der Waals surface area (Å²) in [4.78, 5) is 17.2. The summed E-state index contributed by atoms with van der Waals surface area (Å²) in [6.45, 7) is 2.64. The number of carboxylic acids is 1. The van der Waals surface area contributed by atoms with Crippen LogP contribution < -0.4 is 4.72 Å². The topological polar surface area (TPSA) is 99.6 Å². The number of aromatic nitrogens is 1. The normalized spacial score (nSPS) is 23.9. The molecule has 0 aromatic carbocycles. The summed E-state index contributed by atoms with van der Waals surface area (Å²) >= 11 is 0. The van der Waals surface area contributed by atoms with E-state index in [9.17, 15) is 13.2 Å². The van der Waals surface area contributed by atoms with E-state index in [-0.39, 0.29) is 23.5 Å². The molecule has 1 heterocycles. The predicted molar refractivity (Wildman–Crippen MR) is 88.0 cm³/mol. The van der Waals surface area contributed by atoms with E-state index in [2.05, 4.69) is 9.71 Å². The quantitative estimate of drug-likeness (QED) is 0.723. The molecule has 24 heavy (non-hydrogen) atoms. The lowest BCUT2D eigenvalue weighted by atomic mass is 9.86. The molecule has 132 valence electrons. The van der Waals surface area contributed by atoms with E-state index < -0.39 is 16.0 Å². The first-order valence-corrected chi connectivity index (χ1v) is 9.72. The summed E-state index contributed by atoms with van der Waals surface area (Å²) in [7, 11) is -3.57. The number of pyridine rings is 1. The number of nitrogens with zero attached hydrogens (tertiary/aromatic N) is 2. The molecule has 0 aliphatic heterocycles. The van der Waals surface area contributed by atoms with Crippen LogP contribution in [0.1, 0.15) is 31.4 Å². The summed E-state index contributed by atoms with van der Waals surface area (Å²) < 4.78 is 27.4. The molecular weight excluding hydrogens is 330 g/mol. The van der Waals surface area contributed by atoms with Crippen molar-refractivity contribution < 1.29 is 18.3 Å². The van der Waals surface area contributed by atoms with Crippen LogP contribution in [0, 0.1) is 12.8 Å². The third-order valence-corrected chi connectivity index (χ3v) is 6.18. The molecule has 2 saturated carbocycles. The van der Waals surface area contributed by atoms with Crippen molar-refractivity contribution in [1.82, 2.24) is 14.6 Å². The molecule has 0 unspecified atom stereocenters. The van der Waals surface area contributed by atoms with Gasteiger partial charge in [-0.25, -0.2) is 13.1 Å². The van der Waals surface area contributed by atoms with E-state index in [1.165, 1.54) is 19.0 Å². The van der Waals surface area contributed by atoms with E-state index >= 15 is 0 Å². The Hall–Kier alpha value is -1.51. The Morgan fingerprint density at radius 1 is 1.38 bits per heavy atom. The molecule has 7 nitrogen and oxygen atoms in total. The number of carbonyl (C=O) groups is 1. The molecule has 2 N–H and O–H groups in total. The number of hydrogen-bond donors (Lipinski definition) is 2. The first-order valence-electron chi connectivity index (χ1n) is 8.24. The van der Waals surface area contributed by atoms with Gasteiger partial charge < -0.3 is 5.11 Å². The SMILES string of the molecule is Cc1ccc(S(=O)(=O)NC2CC(N(CC(=O)O)CC3CC3)C2)cn1. The van der Waals surface area contributed by atoms with Crippen LogP contribution in [0.25, 0.3) is 0 Å². The average Bonchev–Trinajstić information content (AvgIpc) is 3.26. The molecule has 0 bridgehead atoms. The smallest absolute Gasteiger partial charge is 0.317 e. The Morgan fingerprint density at radius 2 is 2.08 bits per heavy atom. The van der Waals surface area contributed by atoms with Crippen LogP contribution in [0.15, 0.2) is 23.2 Å². The fourth-order valence-corrected chi connectivity index (χ4v) is 4.24. The molecule has 0 amide bonds. The molecule has 1 aromatic rings. The third kappa shape index (κ3) is 4.31. The lowest BCUT2D eigenvalue weighted by Gasteiger charge is -2.42. The fraction of sp³-hybridized carbons (Fsp3) is 0.625. The predicted octanol–water partition coefficient (Wildman–Crippen LogP) is 0.996. The molecule has 8 heteroatoms. The number of aliphatic carboxylic acids is 1. The molecule has 1 aromatic heterocycles. The van der Waals surface area contributed by atoms with Gasteiger partial charge in [0, 0.05) is 30.5 Å². The minimum atomic E-state index is -3.57. The van der Waals surface area contributed by atoms with Gasteiger partial charge in [-0.05, 0) is 50.7 Å². The average molecular weight is 353 g/mol. The summed E-state index contributed by atoms with van der Waals surface area (Å²) in [5, 5.41) is 9.05. The Bertz CT molecular complexity index is 695. The second kappa shape index (κ2) is 6.78. The van der Waals surface area contributed by atoms with Gasteiger partial charge in [-0.15, -0.1) is 0 Å². The number of rotatable bonds is 8. The van der Waals surface area contributed by atoms with E-state index in [1.807, 2.05) is 4.90 Å². The van der Waals surface area contributed by atoms with Gasteiger partial charge in [0.15, 0.2) is 0 Å². The maximum atomic E-state index is 12.3. The van der Waals surface area contributed by atoms with Crippen LogP contribution in [0.4, 0.5) is 0 Å². The van der Waals surface area contributed by atoms with E-state index in [4.69, 9.17) is 5.11 Å². The van der Waals surface area contributed by atoms with Gasteiger partial charge in [0.2, 0.25) is 10.0 Å². The van der Waals surface area contributed by atoms with Gasteiger partial charge in [0.1, 0.15) is 4.90 Å². The van der Waals surface area contributed by atoms with Gasteiger partial charge in [-0.1, -0.05) is 0 Å². The fourth-order valence-electron chi connectivity index (χ4n) is 3.03. The number of sulfonamides is 1. The first kappa shape index (κ1) is 17.3. The Labute approximate surface area is 142 Å². The maximum absolute atomic E-state index is 12.3. The van der Waals surface area contributed by atoms with Crippen molar-refractivity contribution >= 4 is 16.0 Å². The molecular formula is C16H23N3O4S. The van der Waals surface area contributed by atoms with Gasteiger partial charge in [0.05, 0.1) is 6.54 Å². The highest BCUT2D eigenvalue weighted by Gasteiger charge is 2.38. The van der Waals surface area contributed by atoms with Crippen molar-refractivity contribution in [3.8, 4) is 0 Å². The van der Waals surface area contributed by atoms with Gasteiger partial charge >= 0.3 is 5.97 Å². The molecule has 3 rings (SSSR count). The lowest BCUT2D eigenvalue weighted by Crippen LogP contribution is -2.55. The second-order valence-electron chi connectivity index (χ2n) is 6.85. The molecule has 0 atom stereocenters. The number of hydrogen-bond acceptors (Lipinski definition) is 5. The Kier molecular flexibility index (Phi) is 4.89. The summed E-state index contributed by atoms with van der Waals surface area (Å²) in [5.41, 5.74) is 0.766. The van der Waals surface area contributed by atoms with Crippen LogP contribution in [-0.2, 0) is 14.8 Å². The summed E-state index contributed by atoms with van der Waals surface area (Å²) in [6.07, 6.45) is 4.99. The molecule has 2 fully saturated rings. The maximum Gasteiger partial charge on any atom is 0.317 e. The number of carboxylic acid groups (broad SMARTS) is 1.